The number of hydrogen-bond donors (Lipinski definition) is 1. The third-order valence-electron chi connectivity index (χ3n) is 3.52. The molecular formula is C13H18O3S. The zero-order chi connectivity index (χ0) is 12.7. The van der Waals surface area contributed by atoms with Crippen molar-refractivity contribution in [1.82, 2.24) is 0 Å². The Morgan fingerprint density at radius 1 is 1.29 bits per heavy atom. The highest BCUT2D eigenvalue weighted by Gasteiger charge is 2.49. The topological polar surface area (TPSA) is 54.4 Å². The SMILES string of the molecule is CC(C)S(=O)(=O)CC1(c2ccccc2O)CC1. The number of phenolic OH excluding ortho intramolecular Hbond substituents is 1. The van der Waals surface area contributed by atoms with Gasteiger partial charge in [-0.3, -0.25) is 0 Å². The van der Waals surface area contributed by atoms with Crippen molar-refractivity contribution in [3.63, 3.8) is 0 Å². The number of sulfone groups is 1. The summed E-state index contributed by atoms with van der Waals surface area (Å²) < 4.78 is 24.0. The van der Waals surface area contributed by atoms with Gasteiger partial charge in [-0.2, -0.15) is 0 Å². The van der Waals surface area contributed by atoms with Gasteiger partial charge in [0, 0.05) is 11.0 Å². The van der Waals surface area contributed by atoms with Gasteiger partial charge in [0.2, 0.25) is 0 Å². The van der Waals surface area contributed by atoms with Crippen LogP contribution in [0.3, 0.4) is 0 Å². The molecule has 2 rings (SSSR count). The largest absolute Gasteiger partial charge is 0.508 e. The van der Waals surface area contributed by atoms with E-state index in [0.717, 1.165) is 18.4 Å². The van der Waals surface area contributed by atoms with Crippen molar-refractivity contribution in [3.8, 4) is 5.75 Å². The van der Waals surface area contributed by atoms with Crippen molar-refractivity contribution in [2.75, 3.05) is 5.75 Å². The van der Waals surface area contributed by atoms with Crippen LogP contribution in [0.25, 0.3) is 0 Å². The molecule has 1 N–H and O–H groups in total. The van der Waals surface area contributed by atoms with Crippen LogP contribution in [0, 0.1) is 0 Å². The molecule has 0 spiro atoms. The van der Waals surface area contributed by atoms with Crippen molar-refractivity contribution in [2.24, 2.45) is 0 Å². The van der Waals surface area contributed by atoms with E-state index in [1.807, 2.05) is 12.1 Å². The summed E-state index contributed by atoms with van der Waals surface area (Å²) in [4.78, 5) is 0. The second-order valence-electron chi connectivity index (χ2n) is 5.15. The fourth-order valence-electron chi connectivity index (χ4n) is 2.12. The summed E-state index contributed by atoms with van der Waals surface area (Å²) in [6, 6.07) is 7.05. The Kier molecular flexibility index (Phi) is 2.94. The molecule has 0 heterocycles. The lowest BCUT2D eigenvalue weighted by Gasteiger charge is -2.18. The van der Waals surface area contributed by atoms with Crippen LogP contribution in [-0.2, 0) is 15.3 Å². The minimum Gasteiger partial charge on any atom is -0.508 e. The minimum absolute atomic E-state index is 0.148. The van der Waals surface area contributed by atoms with Gasteiger partial charge in [-0.1, -0.05) is 18.2 Å². The van der Waals surface area contributed by atoms with Crippen LogP contribution in [0.2, 0.25) is 0 Å². The summed E-state index contributed by atoms with van der Waals surface area (Å²) in [5.74, 6) is 0.360. The molecule has 94 valence electrons. The first-order valence-corrected chi connectivity index (χ1v) is 7.59. The van der Waals surface area contributed by atoms with E-state index in [1.165, 1.54) is 0 Å². The van der Waals surface area contributed by atoms with Crippen molar-refractivity contribution >= 4 is 9.84 Å². The Labute approximate surface area is 102 Å². The molecule has 0 aromatic heterocycles. The van der Waals surface area contributed by atoms with Crippen LogP contribution in [0.1, 0.15) is 32.3 Å². The van der Waals surface area contributed by atoms with E-state index in [0.29, 0.717) is 0 Å². The summed E-state index contributed by atoms with van der Waals surface area (Å²) in [5, 5.41) is 9.47. The molecule has 1 saturated carbocycles. The van der Waals surface area contributed by atoms with E-state index in [4.69, 9.17) is 0 Å². The number of rotatable bonds is 4. The lowest BCUT2D eigenvalue weighted by molar-refractivity contribution is 0.461. The zero-order valence-electron chi connectivity index (χ0n) is 10.2. The normalized spacial score (nSPS) is 18.3. The van der Waals surface area contributed by atoms with E-state index in [1.54, 1.807) is 26.0 Å². The van der Waals surface area contributed by atoms with Gasteiger partial charge >= 0.3 is 0 Å². The Bertz CT molecular complexity index is 513. The molecule has 0 saturated heterocycles. The Morgan fingerprint density at radius 2 is 1.88 bits per heavy atom. The fourth-order valence-corrected chi connectivity index (χ4v) is 3.66. The van der Waals surface area contributed by atoms with Crippen LogP contribution < -0.4 is 0 Å². The number of hydrogen-bond acceptors (Lipinski definition) is 3. The van der Waals surface area contributed by atoms with Gasteiger partial charge in [-0.25, -0.2) is 8.42 Å². The smallest absolute Gasteiger partial charge is 0.153 e. The van der Waals surface area contributed by atoms with Crippen molar-refractivity contribution < 1.29 is 13.5 Å². The first-order chi connectivity index (χ1) is 7.87. The molecule has 3 nitrogen and oxygen atoms in total. The molecule has 0 unspecified atom stereocenters. The van der Waals surface area contributed by atoms with Gasteiger partial charge < -0.3 is 5.11 Å². The molecule has 1 aromatic rings. The maximum atomic E-state index is 12.0. The number of phenols is 1. The molecule has 0 bridgehead atoms. The van der Waals surface area contributed by atoms with E-state index in [9.17, 15) is 13.5 Å². The first-order valence-electron chi connectivity index (χ1n) is 5.87. The second kappa shape index (κ2) is 4.02. The third-order valence-corrected chi connectivity index (χ3v) is 5.92. The average Bonchev–Trinajstić information content (AvgIpc) is 2.98. The average molecular weight is 254 g/mol. The van der Waals surface area contributed by atoms with E-state index < -0.39 is 9.84 Å². The molecule has 4 heteroatoms. The van der Waals surface area contributed by atoms with Gasteiger partial charge in [0.25, 0.3) is 0 Å². The summed E-state index contributed by atoms with van der Waals surface area (Å²) in [6.07, 6.45) is 1.69. The van der Waals surface area contributed by atoms with Crippen LogP contribution in [-0.4, -0.2) is 24.5 Å². The van der Waals surface area contributed by atoms with Crippen LogP contribution in [0.15, 0.2) is 24.3 Å². The van der Waals surface area contributed by atoms with Gasteiger partial charge in [0.1, 0.15) is 5.75 Å². The number of aromatic hydroxyl groups is 1. The van der Waals surface area contributed by atoms with E-state index in [-0.39, 0.29) is 22.2 Å². The number of para-hydroxylation sites is 1. The molecule has 0 amide bonds. The van der Waals surface area contributed by atoms with Gasteiger partial charge in [-0.15, -0.1) is 0 Å². The quantitative estimate of drug-likeness (QED) is 0.896. The Balaban J connectivity index is 2.31. The van der Waals surface area contributed by atoms with E-state index >= 15 is 0 Å². The standard InChI is InChI=1S/C13H18O3S/c1-10(2)17(15,16)9-13(7-8-13)11-5-3-4-6-12(11)14/h3-6,10,14H,7-9H2,1-2H3. The van der Waals surface area contributed by atoms with Gasteiger partial charge in [-0.05, 0) is 32.8 Å². The molecule has 0 aliphatic heterocycles. The summed E-state index contributed by atoms with van der Waals surface area (Å²) in [7, 11) is -3.07. The lowest BCUT2D eigenvalue weighted by atomic mass is 9.97. The minimum atomic E-state index is -3.07. The second-order valence-corrected chi connectivity index (χ2v) is 7.71. The van der Waals surface area contributed by atoms with Crippen molar-refractivity contribution in [1.29, 1.82) is 0 Å². The number of benzene rings is 1. The molecule has 1 aromatic carbocycles. The predicted molar refractivity (Wildman–Crippen MR) is 67.9 cm³/mol. The zero-order valence-corrected chi connectivity index (χ0v) is 11.0. The monoisotopic (exact) mass is 254 g/mol. The maximum absolute atomic E-state index is 12.0. The molecule has 17 heavy (non-hydrogen) atoms. The Hall–Kier alpha value is -1.03. The highest BCUT2D eigenvalue weighted by molar-refractivity contribution is 7.92. The van der Waals surface area contributed by atoms with Crippen LogP contribution in [0.4, 0.5) is 0 Å². The lowest BCUT2D eigenvalue weighted by Crippen LogP contribution is -2.26. The Morgan fingerprint density at radius 3 is 2.35 bits per heavy atom. The molecule has 1 aliphatic carbocycles. The van der Waals surface area contributed by atoms with Crippen LogP contribution in [0.5, 0.6) is 5.75 Å². The molecule has 0 radical (unpaired) electrons. The predicted octanol–water partition coefficient (Wildman–Crippen LogP) is 2.25. The van der Waals surface area contributed by atoms with Crippen molar-refractivity contribution in [3.05, 3.63) is 29.8 Å². The van der Waals surface area contributed by atoms with E-state index in [2.05, 4.69) is 0 Å². The third kappa shape index (κ3) is 2.32. The molecule has 1 fully saturated rings. The first kappa shape index (κ1) is 12.4. The molecule has 1 aliphatic rings. The highest BCUT2D eigenvalue weighted by atomic mass is 32.2. The van der Waals surface area contributed by atoms with Crippen molar-refractivity contribution in [2.45, 2.75) is 37.4 Å². The summed E-state index contributed by atoms with van der Waals surface area (Å²) >= 11 is 0. The van der Waals surface area contributed by atoms with Gasteiger partial charge in [0.15, 0.2) is 9.84 Å². The summed E-state index contributed by atoms with van der Waals surface area (Å²) in [6.45, 7) is 3.41. The maximum Gasteiger partial charge on any atom is 0.153 e. The molecular weight excluding hydrogens is 236 g/mol. The highest BCUT2D eigenvalue weighted by Crippen LogP contribution is 2.52. The molecule has 0 atom stereocenters. The fraction of sp³-hybridized carbons (Fsp3) is 0.538. The summed E-state index contributed by atoms with van der Waals surface area (Å²) in [5.41, 5.74) is 0.443. The van der Waals surface area contributed by atoms with Gasteiger partial charge in [0.05, 0.1) is 11.0 Å². The van der Waals surface area contributed by atoms with Crippen LogP contribution >= 0.6 is 0 Å².